The van der Waals surface area contributed by atoms with Gasteiger partial charge in [0.1, 0.15) is 5.54 Å². The van der Waals surface area contributed by atoms with E-state index in [4.69, 9.17) is 9.47 Å². The first-order valence-electron chi connectivity index (χ1n) is 11.4. The third-order valence-corrected chi connectivity index (χ3v) is 8.08. The molecule has 1 saturated carbocycles. The highest BCUT2D eigenvalue weighted by Gasteiger charge is 2.52. The van der Waals surface area contributed by atoms with Crippen LogP contribution in [0.4, 0.5) is 4.79 Å². The van der Waals surface area contributed by atoms with Crippen LogP contribution in [0.1, 0.15) is 58.8 Å². The second-order valence-electron chi connectivity index (χ2n) is 9.76. The van der Waals surface area contributed by atoms with Gasteiger partial charge >= 0.3 is 12.1 Å². The van der Waals surface area contributed by atoms with Crippen molar-refractivity contribution in [2.75, 3.05) is 46.4 Å². The van der Waals surface area contributed by atoms with Crippen molar-refractivity contribution in [3.63, 3.8) is 0 Å². The van der Waals surface area contributed by atoms with Crippen LogP contribution in [0.2, 0.25) is 0 Å². The number of likely N-dealkylation sites (tertiary alicyclic amines) is 3. The van der Waals surface area contributed by atoms with Crippen molar-refractivity contribution in [1.29, 1.82) is 0 Å². The van der Waals surface area contributed by atoms with Crippen molar-refractivity contribution in [1.82, 2.24) is 14.7 Å². The molecule has 7 nitrogen and oxygen atoms in total. The molecule has 0 aromatic rings. The Hall–Kier alpha value is -1.34. The van der Waals surface area contributed by atoms with E-state index in [9.17, 15) is 9.59 Å². The Kier molecular flexibility index (Phi) is 5.81. The van der Waals surface area contributed by atoms with Gasteiger partial charge < -0.3 is 19.3 Å². The molecule has 7 heteroatoms. The maximum absolute atomic E-state index is 12.4. The maximum Gasteiger partial charge on any atom is 0.409 e. The summed E-state index contributed by atoms with van der Waals surface area (Å²) in [5.41, 5.74) is -0.116. The third-order valence-electron chi connectivity index (χ3n) is 8.08. The van der Waals surface area contributed by atoms with Crippen molar-refractivity contribution in [2.24, 2.45) is 5.41 Å². The summed E-state index contributed by atoms with van der Waals surface area (Å²) in [5.74, 6) is -0.0780. The van der Waals surface area contributed by atoms with Crippen LogP contribution >= 0.6 is 0 Å². The van der Waals surface area contributed by atoms with Gasteiger partial charge in [-0.25, -0.2) is 4.79 Å². The second-order valence-corrected chi connectivity index (χ2v) is 9.76. The minimum atomic E-state index is -0.442. The molecule has 0 bridgehead atoms. The van der Waals surface area contributed by atoms with Crippen LogP contribution in [0.3, 0.4) is 0 Å². The number of methoxy groups -OCH3 is 1. The summed E-state index contributed by atoms with van der Waals surface area (Å²) >= 11 is 0. The summed E-state index contributed by atoms with van der Waals surface area (Å²) in [6.45, 7) is 9.31. The predicted octanol–water partition coefficient (Wildman–Crippen LogP) is 2.49. The van der Waals surface area contributed by atoms with Crippen molar-refractivity contribution < 1.29 is 19.1 Å². The molecule has 0 N–H and O–H groups in total. The predicted molar refractivity (Wildman–Crippen MR) is 110 cm³/mol. The Bertz CT molecular complexity index is 628. The first-order valence-corrected chi connectivity index (χ1v) is 11.4. The van der Waals surface area contributed by atoms with Crippen molar-refractivity contribution in [3.8, 4) is 0 Å². The average molecular weight is 408 g/mol. The lowest BCUT2D eigenvalue weighted by atomic mass is 9.64. The maximum atomic E-state index is 12.4. The quantitative estimate of drug-likeness (QED) is 0.668. The summed E-state index contributed by atoms with van der Waals surface area (Å²) in [5, 5.41) is 0. The number of carbonyl (C=O) groups is 2. The number of hydrogen-bond acceptors (Lipinski definition) is 6. The van der Waals surface area contributed by atoms with E-state index in [0.717, 1.165) is 64.8 Å². The van der Waals surface area contributed by atoms with Crippen LogP contribution in [-0.4, -0.2) is 90.8 Å². The van der Waals surface area contributed by atoms with E-state index in [2.05, 4.69) is 16.7 Å². The highest BCUT2D eigenvalue weighted by atomic mass is 16.6. The summed E-state index contributed by atoms with van der Waals surface area (Å²) in [4.78, 5) is 31.3. The molecule has 4 rings (SSSR count). The monoisotopic (exact) mass is 407 g/mol. The number of nitrogens with zero attached hydrogens (tertiary/aromatic N) is 3. The van der Waals surface area contributed by atoms with E-state index in [1.807, 2.05) is 11.8 Å². The number of carbonyl (C=O) groups excluding carboxylic acids is 2. The van der Waals surface area contributed by atoms with E-state index in [1.54, 1.807) is 0 Å². The van der Waals surface area contributed by atoms with Gasteiger partial charge in [0.05, 0.1) is 13.7 Å². The molecule has 3 heterocycles. The zero-order valence-electron chi connectivity index (χ0n) is 18.3. The Balaban J connectivity index is 1.26. The van der Waals surface area contributed by atoms with E-state index in [1.165, 1.54) is 20.0 Å². The lowest BCUT2D eigenvalue weighted by molar-refractivity contribution is -0.154. The van der Waals surface area contributed by atoms with Gasteiger partial charge in [0.25, 0.3) is 0 Å². The molecule has 1 atom stereocenters. The van der Waals surface area contributed by atoms with Gasteiger partial charge in [-0.05, 0) is 83.8 Å². The summed E-state index contributed by atoms with van der Waals surface area (Å²) in [6, 6.07) is 1.14. The number of rotatable bonds is 4. The number of amides is 1. The smallest absolute Gasteiger partial charge is 0.409 e. The molecule has 0 radical (unpaired) electrons. The van der Waals surface area contributed by atoms with Gasteiger partial charge in [0.2, 0.25) is 0 Å². The van der Waals surface area contributed by atoms with Gasteiger partial charge in [-0.15, -0.1) is 0 Å². The Morgan fingerprint density at radius 2 is 1.76 bits per heavy atom. The molecule has 0 aromatic carbocycles. The van der Waals surface area contributed by atoms with Crippen LogP contribution in [0.5, 0.6) is 0 Å². The lowest BCUT2D eigenvalue weighted by Crippen LogP contribution is -2.59. The van der Waals surface area contributed by atoms with E-state index in [-0.39, 0.29) is 12.1 Å². The SMILES string of the molecule is CCOC(=O)N1CCC2(CC(N3CCC(N4CCC[C@]4(C)C(=O)OC)CC3)C2)C1. The molecule has 0 aromatic heterocycles. The average Bonchev–Trinajstić information content (AvgIpc) is 3.32. The lowest BCUT2D eigenvalue weighted by Gasteiger charge is -2.52. The van der Waals surface area contributed by atoms with Gasteiger partial charge in [-0.1, -0.05) is 0 Å². The summed E-state index contributed by atoms with van der Waals surface area (Å²) < 4.78 is 10.3. The molecule has 3 saturated heterocycles. The van der Waals surface area contributed by atoms with Crippen LogP contribution in [-0.2, 0) is 14.3 Å². The standard InChI is InChI=1S/C22H37N3O4/c1-4-29-20(27)24-13-9-22(16-24)14-18(15-22)23-11-6-17(7-12-23)25-10-5-8-21(25,2)19(26)28-3/h17-18H,4-16H2,1-3H3/t18?,21-,22?/m1/s1. The molecule has 164 valence electrons. The highest BCUT2D eigenvalue weighted by molar-refractivity contribution is 5.80. The molecule has 1 spiro atoms. The van der Waals surface area contributed by atoms with Crippen LogP contribution in [0.25, 0.3) is 0 Å². The van der Waals surface area contributed by atoms with Gasteiger partial charge in [0.15, 0.2) is 0 Å². The van der Waals surface area contributed by atoms with Crippen LogP contribution in [0.15, 0.2) is 0 Å². The summed E-state index contributed by atoms with van der Waals surface area (Å²) in [7, 11) is 1.51. The number of piperidine rings is 1. The topological polar surface area (TPSA) is 62.3 Å². The fourth-order valence-electron chi connectivity index (χ4n) is 6.41. The number of esters is 1. The largest absolute Gasteiger partial charge is 0.468 e. The Morgan fingerprint density at radius 1 is 1.03 bits per heavy atom. The molecule has 1 aliphatic carbocycles. The molecular weight excluding hydrogens is 370 g/mol. The number of hydrogen-bond donors (Lipinski definition) is 0. The van der Waals surface area contributed by atoms with Gasteiger partial charge in [0, 0.05) is 25.2 Å². The van der Waals surface area contributed by atoms with Crippen molar-refractivity contribution in [2.45, 2.75) is 76.4 Å². The first-order chi connectivity index (χ1) is 13.9. The third kappa shape index (κ3) is 3.76. The molecule has 4 fully saturated rings. The number of ether oxygens (including phenoxy) is 2. The zero-order valence-corrected chi connectivity index (χ0v) is 18.3. The highest BCUT2D eigenvalue weighted by Crippen LogP contribution is 2.50. The van der Waals surface area contributed by atoms with E-state index >= 15 is 0 Å². The fraction of sp³-hybridized carbons (Fsp3) is 0.909. The molecule has 1 amide bonds. The molecule has 3 aliphatic heterocycles. The minimum Gasteiger partial charge on any atom is -0.468 e. The van der Waals surface area contributed by atoms with Gasteiger partial charge in [-0.2, -0.15) is 0 Å². The van der Waals surface area contributed by atoms with Crippen molar-refractivity contribution >= 4 is 12.1 Å². The molecular formula is C22H37N3O4. The van der Waals surface area contributed by atoms with Gasteiger partial charge in [-0.3, -0.25) is 9.69 Å². The van der Waals surface area contributed by atoms with E-state index in [0.29, 0.717) is 24.1 Å². The normalized spacial score (nSPS) is 36.4. The Morgan fingerprint density at radius 3 is 2.41 bits per heavy atom. The molecule has 4 aliphatic rings. The Labute approximate surface area is 174 Å². The zero-order chi connectivity index (χ0) is 20.6. The summed E-state index contributed by atoms with van der Waals surface area (Å²) in [6.07, 6.45) is 7.62. The van der Waals surface area contributed by atoms with Crippen LogP contribution < -0.4 is 0 Å². The second kappa shape index (κ2) is 8.06. The molecule has 0 unspecified atom stereocenters. The minimum absolute atomic E-state index is 0.0780. The first kappa shape index (κ1) is 20.9. The van der Waals surface area contributed by atoms with Crippen molar-refractivity contribution in [3.05, 3.63) is 0 Å². The fourth-order valence-corrected chi connectivity index (χ4v) is 6.41. The van der Waals surface area contributed by atoms with E-state index < -0.39 is 5.54 Å². The molecule has 29 heavy (non-hydrogen) atoms. The van der Waals surface area contributed by atoms with Crippen LogP contribution in [0, 0.1) is 5.41 Å².